The normalized spacial score (nSPS) is 10.8. The van der Waals surface area contributed by atoms with E-state index in [1.807, 2.05) is 18.2 Å². The number of hydrogen-bond acceptors (Lipinski definition) is 4. The van der Waals surface area contributed by atoms with Gasteiger partial charge in [0.15, 0.2) is 0 Å². The number of nitrogens with two attached hydrogens (primary N) is 1. The molecule has 0 bridgehead atoms. The quantitative estimate of drug-likeness (QED) is 0.777. The van der Waals surface area contributed by atoms with Crippen LogP contribution in [0, 0.1) is 0 Å². The number of anilines is 1. The third-order valence-corrected chi connectivity index (χ3v) is 3.44. The van der Waals surface area contributed by atoms with Gasteiger partial charge in [-0.05, 0) is 36.8 Å². The van der Waals surface area contributed by atoms with Crippen LogP contribution in [0.1, 0.15) is 17.6 Å². The largest absolute Gasteiger partial charge is 0.457 e. The summed E-state index contributed by atoms with van der Waals surface area (Å²) in [7, 11) is 0. The van der Waals surface area contributed by atoms with Crippen LogP contribution in [0.5, 0.6) is 11.5 Å². The van der Waals surface area contributed by atoms with Gasteiger partial charge in [-0.2, -0.15) is 0 Å². The van der Waals surface area contributed by atoms with Crippen LogP contribution >= 0.6 is 0 Å². The number of ether oxygens (including phenoxy) is 1. The molecule has 0 fully saturated rings. The number of hydrogen-bond donors (Lipinski definition) is 1. The van der Waals surface area contributed by atoms with E-state index >= 15 is 0 Å². The summed E-state index contributed by atoms with van der Waals surface area (Å²) in [6.07, 6.45) is 3.70. The van der Waals surface area contributed by atoms with Crippen LogP contribution in [0.25, 0.3) is 10.9 Å². The second-order valence-electron chi connectivity index (χ2n) is 5.11. The molecule has 0 amide bonds. The Morgan fingerprint density at radius 1 is 1.22 bits per heavy atom. The highest BCUT2D eigenvalue weighted by atomic mass is 19.1. The van der Waals surface area contributed by atoms with Gasteiger partial charge in [-0.15, -0.1) is 0 Å². The van der Waals surface area contributed by atoms with Gasteiger partial charge >= 0.3 is 0 Å². The fourth-order valence-electron chi connectivity index (χ4n) is 2.37. The molecule has 0 saturated heterocycles. The van der Waals surface area contributed by atoms with Crippen LogP contribution in [0.4, 0.5) is 10.2 Å². The average Bonchev–Trinajstić information content (AvgIpc) is 2.96. The lowest BCUT2D eigenvalue weighted by Gasteiger charge is -2.07. The lowest BCUT2D eigenvalue weighted by Crippen LogP contribution is -2.08. The molecular formula is C17H16FN3O2. The minimum atomic E-state index is -0.488. The molecule has 118 valence electrons. The van der Waals surface area contributed by atoms with Crippen molar-refractivity contribution in [2.45, 2.75) is 12.8 Å². The van der Waals surface area contributed by atoms with Crippen LogP contribution in [0.3, 0.4) is 0 Å². The lowest BCUT2D eigenvalue weighted by atomic mass is 10.2. The van der Waals surface area contributed by atoms with Gasteiger partial charge in [0.05, 0.1) is 12.2 Å². The fourth-order valence-corrected chi connectivity index (χ4v) is 2.37. The van der Waals surface area contributed by atoms with Crippen molar-refractivity contribution in [2.75, 3.05) is 12.4 Å². The maximum atomic E-state index is 12.2. The van der Waals surface area contributed by atoms with E-state index in [1.54, 1.807) is 35.2 Å². The zero-order valence-electron chi connectivity index (χ0n) is 12.4. The van der Waals surface area contributed by atoms with E-state index < -0.39 is 6.67 Å². The molecule has 0 unspecified atom stereocenters. The van der Waals surface area contributed by atoms with Gasteiger partial charge in [0.25, 0.3) is 0 Å². The Morgan fingerprint density at radius 2 is 2.04 bits per heavy atom. The second kappa shape index (κ2) is 6.48. The Bertz CT molecular complexity index is 845. The number of carbonyl (C=O) groups excluding carboxylic acids is 1. The number of alkyl halides is 1. The molecule has 0 atom stereocenters. The maximum absolute atomic E-state index is 12.2. The minimum Gasteiger partial charge on any atom is -0.457 e. The van der Waals surface area contributed by atoms with Crippen LogP contribution in [-0.2, 0) is 0 Å². The van der Waals surface area contributed by atoms with E-state index in [1.165, 1.54) is 0 Å². The van der Waals surface area contributed by atoms with Crippen molar-refractivity contribution < 1.29 is 13.9 Å². The molecule has 2 N–H and O–H groups in total. The number of aromatic nitrogens is 2. The third-order valence-electron chi connectivity index (χ3n) is 3.44. The summed E-state index contributed by atoms with van der Waals surface area (Å²) in [5, 5.41) is 0.873. The zero-order valence-corrected chi connectivity index (χ0v) is 12.4. The molecule has 0 saturated carbocycles. The van der Waals surface area contributed by atoms with Crippen LogP contribution in [0.2, 0.25) is 0 Å². The predicted molar refractivity (Wildman–Crippen MR) is 86.5 cm³/mol. The van der Waals surface area contributed by atoms with Gasteiger partial charge in [-0.3, -0.25) is 13.8 Å². The number of benzene rings is 1. The summed E-state index contributed by atoms with van der Waals surface area (Å²) in [6, 6.07) is 10.6. The number of nitrogen functional groups attached to an aromatic ring is 1. The molecule has 5 nitrogen and oxygen atoms in total. The number of nitrogens with zero attached hydrogens (tertiary/aromatic N) is 2. The van der Waals surface area contributed by atoms with Gasteiger partial charge < -0.3 is 10.5 Å². The summed E-state index contributed by atoms with van der Waals surface area (Å²) >= 11 is 0. The Balaban J connectivity index is 1.84. The van der Waals surface area contributed by atoms with Crippen LogP contribution in [0.15, 0.2) is 48.8 Å². The molecule has 3 aromatic rings. The summed E-state index contributed by atoms with van der Waals surface area (Å²) in [5.41, 5.74) is 6.39. The van der Waals surface area contributed by atoms with Crippen molar-refractivity contribution in [3.8, 4) is 11.5 Å². The maximum Gasteiger partial charge on any atom is 0.231 e. The Labute approximate surface area is 132 Å². The zero-order chi connectivity index (χ0) is 16.2. The number of carbonyl (C=O) groups is 1. The summed E-state index contributed by atoms with van der Waals surface area (Å²) in [5.74, 6) is 1.49. The van der Waals surface area contributed by atoms with Crippen molar-refractivity contribution in [3.05, 3.63) is 48.8 Å². The number of halogens is 1. The molecule has 3 rings (SSSR count). The third kappa shape index (κ3) is 3.31. The highest BCUT2D eigenvalue weighted by Gasteiger charge is 2.10. The van der Waals surface area contributed by atoms with Gasteiger partial charge in [-0.25, -0.2) is 4.98 Å². The van der Waals surface area contributed by atoms with Crippen molar-refractivity contribution in [2.24, 2.45) is 0 Å². The summed E-state index contributed by atoms with van der Waals surface area (Å²) < 4.78 is 19.5. The molecule has 0 aliphatic heterocycles. The molecule has 23 heavy (non-hydrogen) atoms. The molecule has 0 aliphatic carbocycles. The van der Waals surface area contributed by atoms with Gasteiger partial charge in [0.2, 0.25) is 5.91 Å². The number of fused-ring (bicyclic) bond motifs is 1. The average molecular weight is 313 g/mol. The monoisotopic (exact) mass is 313 g/mol. The first-order valence-electron chi connectivity index (χ1n) is 7.27. The highest BCUT2D eigenvalue weighted by Crippen LogP contribution is 2.27. The van der Waals surface area contributed by atoms with Crippen molar-refractivity contribution in [1.29, 1.82) is 0 Å². The summed E-state index contributed by atoms with van der Waals surface area (Å²) in [6.45, 7) is -0.488. The van der Waals surface area contributed by atoms with Gasteiger partial charge in [-0.1, -0.05) is 0 Å². The molecular weight excluding hydrogens is 297 g/mol. The first-order chi connectivity index (χ1) is 11.2. The molecule has 2 aromatic heterocycles. The molecule has 2 heterocycles. The summed E-state index contributed by atoms with van der Waals surface area (Å²) in [4.78, 5) is 15.9. The van der Waals surface area contributed by atoms with Crippen molar-refractivity contribution in [3.63, 3.8) is 0 Å². The van der Waals surface area contributed by atoms with E-state index in [0.29, 0.717) is 17.3 Å². The van der Waals surface area contributed by atoms with Gasteiger partial charge in [0.1, 0.15) is 17.3 Å². The van der Waals surface area contributed by atoms with E-state index in [4.69, 9.17) is 10.5 Å². The van der Waals surface area contributed by atoms with Crippen molar-refractivity contribution >= 4 is 22.6 Å². The predicted octanol–water partition coefficient (Wildman–Crippen LogP) is 3.80. The SMILES string of the molecule is Nc1cc(Oc2ccc3c(ccn3C(=O)CCCF)c2)ccn1. The van der Waals surface area contributed by atoms with E-state index in [2.05, 4.69) is 4.98 Å². The highest BCUT2D eigenvalue weighted by molar-refractivity contribution is 5.93. The Kier molecular flexibility index (Phi) is 4.23. The van der Waals surface area contributed by atoms with Gasteiger partial charge in [0, 0.05) is 30.3 Å². The molecule has 0 spiro atoms. The minimum absolute atomic E-state index is 0.117. The molecule has 1 aromatic carbocycles. The number of rotatable bonds is 5. The number of pyridine rings is 1. The van der Waals surface area contributed by atoms with Crippen LogP contribution < -0.4 is 10.5 Å². The first-order valence-corrected chi connectivity index (χ1v) is 7.27. The smallest absolute Gasteiger partial charge is 0.231 e. The molecule has 0 aliphatic rings. The Hall–Kier alpha value is -2.89. The lowest BCUT2D eigenvalue weighted by molar-refractivity contribution is 0.0902. The van der Waals surface area contributed by atoms with E-state index in [-0.39, 0.29) is 18.7 Å². The Morgan fingerprint density at radius 3 is 2.83 bits per heavy atom. The second-order valence-corrected chi connectivity index (χ2v) is 5.11. The van der Waals surface area contributed by atoms with Crippen LogP contribution in [-0.4, -0.2) is 22.1 Å². The topological polar surface area (TPSA) is 70.1 Å². The standard InChI is InChI=1S/C17H16FN3O2/c18-7-1-2-17(22)21-9-6-12-10-13(3-4-15(12)21)23-14-5-8-20-16(19)11-14/h3-6,8-11H,1-2,7H2,(H2,19,20). The fraction of sp³-hybridized carbons (Fsp3) is 0.176. The van der Waals surface area contributed by atoms with Crippen molar-refractivity contribution in [1.82, 2.24) is 9.55 Å². The first kappa shape index (κ1) is 15.0. The molecule has 6 heteroatoms. The van der Waals surface area contributed by atoms with E-state index in [9.17, 15) is 9.18 Å². The van der Waals surface area contributed by atoms with E-state index in [0.717, 1.165) is 10.9 Å². The molecule has 0 radical (unpaired) electrons.